The molecule has 1 aromatic heterocycles. The molecule has 0 saturated heterocycles. The van der Waals surface area contributed by atoms with Crippen LogP contribution in [0.3, 0.4) is 0 Å². The predicted molar refractivity (Wildman–Crippen MR) is 74.5 cm³/mol. The van der Waals surface area contributed by atoms with E-state index in [2.05, 4.69) is 11.1 Å². The monoisotopic (exact) mass is 271 g/mol. The van der Waals surface area contributed by atoms with Gasteiger partial charge in [0.25, 0.3) is 0 Å². The van der Waals surface area contributed by atoms with Crippen LogP contribution in [0.15, 0.2) is 36.8 Å². The molecule has 5 heteroatoms. The fraction of sp³-hybridized carbons (Fsp3) is 0.214. The maximum absolute atomic E-state index is 11.0. The molecule has 19 heavy (non-hydrogen) atoms. The first kappa shape index (κ1) is 13.4. The van der Waals surface area contributed by atoms with Gasteiger partial charge in [-0.3, -0.25) is 4.79 Å². The Labute approximate surface area is 116 Å². The van der Waals surface area contributed by atoms with Crippen LogP contribution in [0.25, 0.3) is 0 Å². The van der Waals surface area contributed by atoms with Crippen molar-refractivity contribution in [3.05, 3.63) is 53.6 Å². The Morgan fingerprint density at radius 1 is 1.42 bits per heavy atom. The van der Waals surface area contributed by atoms with Gasteiger partial charge in [-0.1, -0.05) is 23.9 Å². The summed E-state index contributed by atoms with van der Waals surface area (Å²) in [4.78, 5) is 15.1. The number of hydrogen-bond donors (Lipinski definition) is 0. The van der Waals surface area contributed by atoms with Gasteiger partial charge in [-0.25, -0.2) is 4.98 Å². The van der Waals surface area contributed by atoms with E-state index in [0.29, 0.717) is 17.9 Å². The van der Waals surface area contributed by atoms with Crippen molar-refractivity contribution >= 4 is 16.9 Å². The van der Waals surface area contributed by atoms with E-state index >= 15 is 0 Å². The molecule has 0 N–H and O–H groups in total. The minimum absolute atomic E-state index is 0.103. The minimum atomic E-state index is 0.103. The van der Waals surface area contributed by atoms with Crippen molar-refractivity contribution < 1.29 is 4.79 Å². The fourth-order valence-corrected chi connectivity index (χ4v) is 2.26. The van der Waals surface area contributed by atoms with E-state index in [9.17, 15) is 4.79 Å². The largest absolute Gasteiger partial charge is 0.329 e. The SMILES string of the molecule is CC(=O)SCc1cncn1Cc1ccc(C#N)cc1. The summed E-state index contributed by atoms with van der Waals surface area (Å²) in [5.41, 5.74) is 2.78. The van der Waals surface area contributed by atoms with Crippen molar-refractivity contribution in [2.24, 2.45) is 0 Å². The molecule has 0 amide bonds. The molecule has 2 aromatic rings. The van der Waals surface area contributed by atoms with E-state index in [1.807, 2.05) is 16.7 Å². The van der Waals surface area contributed by atoms with E-state index < -0.39 is 0 Å². The molecule has 96 valence electrons. The van der Waals surface area contributed by atoms with Gasteiger partial charge in [-0.05, 0) is 17.7 Å². The van der Waals surface area contributed by atoms with Crippen LogP contribution in [0.4, 0.5) is 0 Å². The molecule has 0 aliphatic heterocycles. The molecular formula is C14H13N3OS. The Kier molecular flexibility index (Phi) is 4.37. The number of thioether (sulfide) groups is 1. The summed E-state index contributed by atoms with van der Waals surface area (Å²) in [6.45, 7) is 2.26. The predicted octanol–water partition coefficient (Wildman–Crippen LogP) is 2.58. The molecular weight excluding hydrogens is 258 g/mol. The Morgan fingerprint density at radius 2 is 2.16 bits per heavy atom. The number of carbonyl (C=O) groups is 1. The van der Waals surface area contributed by atoms with Gasteiger partial charge in [-0.2, -0.15) is 5.26 Å². The standard InChI is InChI=1S/C14H13N3OS/c1-11(18)19-9-14-7-16-10-17(14)8-13-4-2-12(6-15)3-5-13/h2-5,7,10H,8-9H2,1H3. The zero-order valence-electron chi connectivity index (χ0n) is 10.5. The molecule has 4 nitrogen and oxygen atoms in total. The van der Waals surface area contributed by atoms with Gasteiger partial charge >= 0.3 is 0 Å². The molecule has 0 aliphatic rings. The molecule has 0 aliphatic carbocycles. The molecule has 0 atom stereocenters. The molecule has 0 bridgehead atoms. The van der Waals surface area contributed by atoms with Gasteiger partial charge in [0.15, 0.2) is 5.12 Å². The smallest absolute Gasteiger partial charge is 0.186 e. The van der Waals surface area contributed by atoms with Gasteiger partial charge in [0, 0.05) is 31.1 Å². The average molecular weight is 271 g/mol. The summed E-state index contributed by atoms with van der Waals surface area (Å²) in [5, 5.41) is 8.85. The Balaban J connectivity index is 2.08. The maximum atomic E-state index is 11.0. The van der Waals surface area contributed by atoms with Crippen LogP contribution in [0, 0.1) is 11.3 Å². The van der Waals surface area contributed by atoms with Crippen LogP contribution in [-0.4, -0.2) is 14.7 Å². The molecule has 0 fully saturated rings. The van der Waals surface area contributed by atoms with Crippen molar-refractivity contribution in [1.82, 2.24) is 9.55 Å². The summed E-state index contributed by atoms with van der Waals surface area (Å²) in [7, 11) is 0. The maximum Gasteiger partial charge on any atom is 0.186 e. The van der Waals surface area contributed by atoms with Crippen LogP contribution >= 0.6 is 11.8 Å². The second kappa shape index (κ2) is 6.21. The Bertz CT molecular complexity index is 610. The summed E-state index contributed by atoms with van der Waals surface area (Å²) >= 11 is 1.28. The van der Waals surface area contributed by atoms with Crippen molar-refractivity contribution in [2.75, 3.05) is 0 Å². The van der Waals surface area contributed by atoms with Crippen molar-refractivity contribution in [3.8, 4) is 6.07 Å². The molecule has 1 heterocycles. The number of imidazole rings is 1. The number of nitrogens with zero attached hydrogens (tertiary/aromatic N) is 3. The van der Waals surface area contributed by atoms with Gasteiger partial charge in [0.2, 0.25) is 0 Å². The molecule has 0 unspecified atom stereocenters. The second-order valence-electron chi connectivity index (χ2n) is 4.10. The molecule has 0 radical (unpaired) electrons. The average Bonchev–Trinajstić information content (AvgIpc) is 2.84. The lowest BCUT2D eigenvalue weighted by Gasteiger charge is -2.07. The summed E-state index contributed by atoms with van der Waals surface area (Å²) in [5.74, 6) is 0.631. The highest BCUT2D eigenvalue weighted by molar-refractivity contribution is 8.12. The van der Waals surface area contributed by atoms with Gasteiger partial charge in [0.1, 0.15) is 0 Å². The van der Waals surface area contributed by atoms with E-state index in [-0.39, 0.29) is 5.12 Å². The van der Waals surface area contributed by atoms with Gasteiger partial charge in [-0.15, -0.1) is 0 Å². The molecule has 2 rings (SSSR count). The summed E-state index contributed by atoms with van der Waals surface area (Å²) in [6, 6.07) is 9.56. The van der Waals surface area contributed by atoms with Crippen LogP contribution in [0.1, 0.15) is 23.7 Å². The number of hydrogen-bond acceptors (Lipinski definition) is 4. The summed E-state index contributed by atoms with van der Waals surface area (Å²) in [6.07, 6.45) is 3.54. The van der Waals surface area contributed by atoms with Gasteiger partial charge < -0.3 is 4.57 Å². The Hall–Kier alpha value is -2.06. The number of aromatic nitrogens is 2. The molecule has 0 saturated carbocycles. The highest BCUT2D eigenvalue weighted by Crippen LogP contribution is 2.14. The van der Waals surface area contributed by atoms with Gasteiger partial charge in [0.05, 0.1) is 18.0 Å². The number of rotatable bonds is 4. The normalized spacial score (nSPS) is 10.1. The zero-order valence-corrected chi connectivity index (χ0v) is 11.4. The van der Waals surface area contributed by atoms with Crippen molar-refractivity contribution in [2.45, 2.75) is 19.2 Å². The topological polar surface area (TPSA) is 58.7 Å². The number of nitriles is 1. The fourth-order valence-electron chi connectivity index (χ4n) is 1.67. The number of carbonyl (C=O) groups excluding carboxylic acids is 1. The lowest BCUT2D eigenvalue weighted by molar-refractivity contribution is -0.109. The van der Waals surface area contributed by atoms with Crippen LogP contribution in [0.5, 0.6) is 0 Å². The Morgan fingerprint density at radius 3 is 2.79 bits per heavy atom. The lowest BCUT2D eigenvalue weighted by atomic mass is 10.1. The van der Waals surface area contributed by atoms with Crippen LogP contribution in [-0.2, 0) is 17.1 Å². The number of benzene rings is 1. The van der Waals surface area contributed by atoms with E-state index in [1.165, 1.54) is 11.8 Å². The first-order valence-corrected chi connectivity index (χ1v) is 6.79. The highest BCUT2D eigenvalue weighted by atomic mass is 32.2. The van der Waals surface area contributed by atoms with E-state index in [0.717, 1.165) is 11.3 Å². The quantitative estimate of drug-likeness (QED) is 0.857. The molecule has 1 aromatic carbocycles. The van der Waals surface area contributed by atoms with E-state index in [1.54, 1.807) is 31.6 Å². The molecule has 0 spiro atoms. The van der Waals surface area contributed by atoms with E-state index in [4.69, 9.17) is 5.26 Å². The zero-order chi connectivity index (χ0) is 13.7. The van der Waals surface area contributed by atoms with Crippen molar-refractivity contribution in [3.63, 3.8) is 0 Å². The summed E-state index contributed by atoms with van der Waals surface area (Å²) < 4.78 is 2.01. The highest BCUT2D eigenvalue weighted by Gasteiger charge is 2.05. The third-order valence-electron chi connectivity index (χ3n) is 2.66. The third-order valence-corrected chi connectivity index (χ3v) is 3.50. The second-order valence-corrected chi connectivity index (χ2v) is 5.25. The van der Waals surface area contributed by atoms with Crippen molar-refractivity contribution in [1.29, 1.82) is 5.26 Å². The minimum Gasteiger partial charge on any atom is -0.329 e. The first-order valence-electron chi connectivity index (χ1n) is 5.80. The third kappa shape index (κ3) is 3.70. The van der Waals surface area contributed by atoms with Crippen LogP contribution < -0.4 is 0 Å². The van der Waals surface area contributed by atoms with Crippen LogP contribution in [0.2, 0.25) is 0 Å². The first-order chi connectivity index (χ1) is 9.19. The lowest BCUT2D eigenvalue weighted by Crippen LogP contribution is -2.02.